The van der Waals surface area contributed by atoms with Crippen molar-refractivity contribution >= 4 is 12.1 Å². The molecule has 5 nitrogen and oxygen atoms in total. The van der Waals surface area contributed by atoms with Crippen LogP contribution in [-0.2, 0) is 22.6 Å². The molecule has 0 aliphatic carbocycles. The summed E-state index contributed by atoms with van der Waals surface area (Å²) in [6.07, 6.45) is 1.33. The summed E-state index contributed by atoms with van der Waals surface area (Å²) < 4.78 is 10.9. The van der Waals surface area contributed by atoms with Crippen LogP contribution in [0.5, 0.6) is 0 Å². The molecule has 0 saturated heterocycles. The molecule has 1 amide bonds. The zero-order valence-electron chi connectivity index (χ0n) is 16.0. The first kappa shape index (κ1) is 19.1. The van der Waals surface area contributed by atoms with Gasteiger partial charge in [0.15, 0.2) is 0 Å². The van der Waals surface area contributed by atoms with E-state index in [4.69, 9.17) is 14.9 Å². The van der Waals surface area contributed by atoms with Crippen LogP contribution in [0.1, 0.15) is 37.8 Å². The number of fused-ring (bicyclic) bond motifs is 3. The second kappa shape index (κ2) is 8.35. The van der Waals surface area contributed by atoms with Crippen molar-refractivity contribution in [1.82, 2.24) is 0 Å². The first-order chi connectivity index (χ1) is 13.1. The molecule has 1 aliphatic rings. The van der Waals surface area contributed by atoms with Gasteiger partial charge in [0.25, 0.3) is 0 Å². The highest BCUT2D eigenvalue weighted by Gasteiger charge is 2.48. The van der Waals surface area contributed by atoms with Crippen LogP contribution in [0, 0.1) is 5.41 Å². The summed E-state index contributed by atoms with van der Waals surface area (Å²) in [6.45, 7) is 5.26. The lowest BCUT2D eigenvalue weighted by Gasteiger charge is -2.31. The van der Waals surface area contributed by atoms with Gasteiger partial charge in [-0.2, -0.15) is 4.79 Å². The molecule has 0 unspecified atom stereocenters. The topological polar surface area (TPSA) is 59.4 Å². The van der Waals surface area contributed by atoms with E-state index in [9.17, 15) is 4.79 Å². The second-order valence-electron chi connectivity index (χ2n) is 6.80. The molecule has 1 N–H and O–H groups in total. The third-order valence-corrected chi connectivity index (χ3v) is 4.95. The zero-order valence-corrected chi connectivity index (χ0v) is 16.0. The summed E-state index contributed by atoms with van der Waals surface area (Å²) in [4.78, 5) is 13.2. The molecule has 1 aliphatic heterocycles. The van der Waals surface area contributed by atoms with Crippen molar-refractivity contribution in [2.75, 3.05) is 13.2 Å². The quantitative estimate of drug-likeness (QED) is 0.354. The van der Waals surface area contributed by atoms with Crippen molar-refractivity contribution in [3.8, 4) is 11.1 Å². The average Bonchev–Trinajstić information content (AvgIpc) is 2.83. The Bertz CT molecular complexity index is 784. The fourth-order valence-electron chi connectivity index (χ4n) is 3.52. The van der Waals surface area contributed by atoms with Gasteiger partial charge < -0.3 is 9.47 Å². The Labute approximate surface area is 160 Å². The summed E-state index contributed by atoms with van der Waals surface area (Å²) in [5, 5.41) is 8.57. The summed E-state index contributed by atoms with van der Waals surface area (Å²) in [5.74, 6) is 0. The Hall–Kier alpha value is -2.66. The van der Waals surface area contributed by atoms with E-state index >= 15 is 0 Å². The van der Waals surface area contributed by atoms with Crippen LogP contribution in [0.25, 0.3) is 11.1 Å². The lowest BCUT2D eigenvalue weighted by molar-refractivity contribution is -0.806. The third-order valence-electron chi connectivity index (χ3n) is 4.95. The predicted octanol–water partition coefficient (Wildman–Crippen LogP) is 5.09. The molecule has 142 valence electrons. The van der Waals surface area contributed by atoms with Crippen LogP contribution in [0.15, 0.2) is 48.5 Å². The highest BCUT2D eigenvalue weighted by molar-refractivity contribution is 5.80. The van der Waals surface area contributed by atoms with Gasteiger partial charge in [-0.05, 0) is 24.5 Å². The van der Waals surface area contributed by atoms with Gasteiger partial charge in [0.1, 0.15) is 13.1 Å². The van der Waals surface area contributed by atoms with Crippen molar-refractivity contribution in [1.29, 1.82) is 5.41 Å². The summed E-state index contributed by atoms with van der Waals surface area (Å²) >= 11 is 0. The van der Waals surface area contributed by atoms with Gasteiger partial charge in [-0.15, -0.1) is 4.48 Å². The molecule has 0 radical (unpaired) electrons. The minimum Gasteiger partial charge on any atom is -0.437 e. The molecule has 2 aromatic carbocycles. The van der Waals surface area contributed by atoms with Crippen LogP contribution in [0.2, 0.25) is 0 Å². The molecule has 27 heavy (non-hydrogen) atoms. The average molecular weight is 367 g/mol. The third kappa shape index (κ3) is 3.74. The molecule has 2 aromatic rings. The number of carbonyl (C=O) groups is 1. The number of benzene rings is 2. The van der Waals surface area contributed by atoms with Gasteiger partial charge in [0.05, 0.1) is 13.2 Å². The minimum absolute atomic E-state index is 0.0643. The number of hydrogen-bond acceptors (Lipinski definition) is 4. The molecule has 0 aromatic heterocycles. The molecular formula is C22H27N2O3+. The monoisotopic (exact) mass is 367 g/mol. The van der Waals surface area contributed by atoms with E-state index < -0.39 is 6.09 Å². The van der Waals surface area contributed by atoms with Gasteiger partial charge >= 0.3 is 12.1 Å². The van der Waals surface area contributed by atoms with Gasteiger partial charge in [-0.3, -0.25) is 0 Å². The Morgan fingerprint density at radius 3 is 2.04 bits per heavy atom. The van der Waals surface area contributed by atoms with E-state index in [0.29, 0.717) is 26.3 Å². The number of nitrogens with one attached hydrogen (secondary N) is 1. The molecule has 0 saturated carbocycles. The Morgan fingerprint density at radius 1 is 0.963 bits per heavy atom. The summed E-state index contributed by atoms with van der Waals surface area (Å²) in [5.41, 5.74) is 4.22. The van der Waals surface area contributed by atoms with Crippen molar-refractivity contribution < 1.29 is 18.8 Å². The standard InChI is InChI=1S/C22H27N2O3/c1-3-5-14-27-22(25)24(21(23)26-4-2)15-17-10-6-8-12-19(17)20-13-9-7-11-18(20)16-24/h6-13,23H,3-5,14-16H2,1-2H3/q+1. The van der Waals surface area contributed by atoms with E-state index in [-0.39, 0.29) is 10.5 Å². The molecule has 1 heterocycles. The molecule has 0 fully saturated rings. The van der Waals surface area contributed by atoms with Crippen LogP contribution in [0.3, 0.4) is 0 Å². The zero-order chi connectivity index (χ0) is 19.3. The van der Waals surface area contributed by atoms with Crippen molar-refractivity contribution in [3.05, 3.63) is 59.7 Å². The highest BCUT2D eigenvalue weighted by atomic mass is 16.6. The number of ether oxygens (including phenoxy) is 2. The Balaban J connectivity index is 2.11. The first-order valence-corrected chi connectivity index (χ1v) is 9.55. The van der Waals surface area contributed by atoms with Gasteiger partial charge in [0.2, 0.25) is 0 Å². The van der Waals surface area contributed by atoms with Gasteiger partial charge in [0, 0.05) is 11.1 Å². The normalized spacial score (nSPS) is 14.4. The van der Waals surface area contributed by atoms with Crippen LogP contribution >= 0.6 is 0 Å². The van der Waals surface area contributed by atoms with E-state index in [0.717, 1.165) is 35.1 Å². The number of amides is 1. The van der Waals surface area contributed by atoms with Crippen molar-refractivity contribution in [2.24, 2.45) is 0 Å². The van der Waals surface area contributed by atoms with Crippen molar-refractivity contribution in [3.63, 3.8) is 0 Å². The maximum absolute atomic E-state index is 13.2. The number of hydrogen-bond donors (Lipinski definition) is 1. The molecule has 0 spiro atoms. The number of rotatable bonds is 4. The highest BCUT2D eigenvalue weighted by Crippen LogP contribution is 2.36. The number of carbonyl (C=O) groups excluding carboxylic acids is 1. The fourth-order valence-corrected chi connectivity index (χ4v) is 3.52. The van der Waals surface area contributed by atoms with Crippen LogP contribution < -0.4 is 0 Å². The van der Waals surface area contributed by atoms with E-state index in [1.54, 1.807) is 0 Å². The summed E-state index contributed by atoms with van der Waals surface area (Å²) in [6, 6.07) is 16.0. The molecule has 3 rings (SSSR count). The van der Waals surface area contributed by atoms with Gasteiger partial charge in [-0.25, -0.2) is 5.41 Å². The Morgan fingerprint density at radius 2 is 1.52 bits per heavy atom. The number of unbranched alkanes of at least 4 members (excludes halogenated alkanes) is 1. The molecule has 5 heteroatoms. The first-order valence-electron chi connectivity index (χ1n) is 9.55. The lowest BCUT2D eigenvalue weighted by atomic mass is 9.97. The van der Waals surface area contributed by atoms with E-state index in [1.165, 1.54) is 0 Å². The maximum Gasteiger partial charge on any atom is 0.525 e. The smallest absolute Gasteiger partial charge is 0.437 e. The molecule has 0 atom stereocenters. The van der Waals surface area contributed by atoms with E-state index in [1.807, 2.05) is 43.3 Å². The second-order valence-corrected chi connectivity index (χ2v) is 6.80. The number of nitrogens with zero attached hydrogens (tertiary/aromatic N) is 1. The number of quaternary nitrogens is 1. The SMILES string of the molecule is CCCCOC(=O)[N+]1(C(=N)OCC)Cc2ccccc2-c2ccccc2C1. The van der Waals surface area contributed by atoms with Crippen LogP contribution in [0.4, 0.5) is 4.79 Å². The Kier molecular flexibility index (Phi) is 5.91. The molecular weight excluding hydrogens is 340 g/mol. The maximum atomic E-state index is 13.2. The largest absolute Gasteiger partial charge is 0.525 e. The van der Waals surface area contributed by atoms with Crippen LogP contribution in [-0.4, -0.2) is 29.8 Å². The predicted molar refractivity (Wildman–Crippen MR) is 105 cm³/mol. The molecule has 0 bridgehead atoms. The minimum atomic E-state index is -0.423. The fraction of sp³-hybridized carbons (Fsp3) is 0.364. The van der Waals surface area contributed by atoms with Crippen molar-refractivity contribution in [2.45, 2.75) is 39.8 Å². The van der Waals surface area contributed by atoms with E-state index in [2.05, 4.69) is 19.1 Å². The summed E-state index contributed by atoms with van der Waals surface area (Å²) in [7, 11) is 0. The lowest BCUT2D eigenvalue weighted by Crippen LogP contribution is -2.56. The van der Waals surface area contributed by atoms with Gasteiger partial charge in [-0.1, -0.05) is 61.9 Å². The number of amidine groups is 1.